The Bertz CT molecular complexity index is 539. The third-order valence-electron chi connectivity index (χ3n) is 5.50. The van der Waals surface area contributed by atoms with Crippen LogP contribution >= 0.6 is 0 Å². The lowest BCUT2D eigenvalue weighted by molar-refractivity contribution is 0.00127. The minimum atomic E-state index is -0.631. The van der Waals surface area contributed by atoms with Crippen molar-refractivity contribution in [3.8, 4) is 6.07 Å². The molecule has 1 saturated heterocycles. The van der Waals surface area contributed by atoms with Crippen LogP contribution in [0.5, 0.6) is 0 Å². The van der Waals surface area contributed by atoms with Gasteiger partial charge in [-0.05, 0) is 56.5 Å². The fourth-order valence-electron chi connectivity index (χ4n) is 3.20. The van der Waals surface area contributed by atoms with Gasteiger partial charge in [0.1, 0.15) is 0 Å². The van der Waals surface area contributed by atoms with E-state index in [0.717, 1.165) is 44.5 Å². The SMILES string of the molecule is CCC(C)C(C)(O)CNC1CCN(Cc2ccc(C#N)cc2)CC1. The smallest absolute Gasteiger partial charge is 0.0991 e. The Morgan fingerprint density at radius 2 is 1.96 bits per heavy atom. The molecule has 1 aliphatic rings. The first-order chi connectivity index (χ1) is 11.4. The summed E-state index contributed by atoms with van der Waals surface area (Å²) in [5, 5.41) is 22.9. The van der Waals surface area contributed by atoms with E-state index < -0.39 is 5.60 Å². The number of benzene rings is 1. The van der Waals surface area contributed by atoms with Gasteiger partial charge in [-0.25, -0.2) is 0 Å². The van der Waals surface area contributed by atoms with E-state index in [-0.39, 0.29) is 0 Å². The molecule has 132 valence electrons. The van der Waals surface area contributed by atoms with Gasteiger partial charge in [0.25, 0.3) is 0 Å². The molecule has 0 amide bonds. The fraction of sp³-hybridized carbons (Fsp3) is 0.650. The predicted molar refractivity (Wildman–Crippen MR) is 97.5 cm³/mol. The molecule has 4 heteroatoms. The van der Waals surface area contributed by atoms with Crippen LogP contribution in [-0.4, -0.2) is 41.3 Å². The van der Waals surface area contributed by atoms with Crippen LogP contribution in [0, 0.1) is 17.2 Å². The minimum Gasteiger partial charge on any atom is -0.389 e. The highest BCUT2D eigenvalue weighted by molar-refractivity contribution is 5.31. The molecule has 1 aromatic rings. The average Bonchev–Trinajstić information content (AvgIpc) is 2.61. The molecule has 2 unspecified atom stereocenters. The van der Waals surface area contributed by atoms with Gasteiger partial charge in [-0.3, -0.25) is 4.90 Å². The zero-order chi connectivity index (χ0) is 17.6. The molecule has 1 aliphatic heterocycles. The molecule has 0 aromatic heterocycles. The monoisotopic (exact) mass is 329 g/mol. The summed E-state index contributed by atoms with van der Waals surface area (Å²) in [6.45, 7) is 9.94. The van der Waals surface area contributed by atoms with Crippen LogP contribution in [0.4, 0.5) is 0 Å². The second kappa shape index (κ2) is 8.62. The van der Waals surface area contributed by atoms with Gasteiger partial charge in [-0.1, -0.05) is 32.4 Å². The van der Waals surface area contributed by atoms with Crippen molar-refractivity contribution in [2.75, 3.05) is 19.6 Å². The van der Waals surface area contributed by atoms with E-state index in [1.54, 1.807) is 0 Å². The molecule has 2 N–H and O–H groups in total. The van der Waals surface area contributed by atoms with Crippen LogP contribution in [0.15, 0.2) is 24.3 Å². The zero-order valence-corrected chi connectivity index (χ0v) is 15.3. The first kappa shape index (κ1) is 18.9. The van der Waals surface area contributed by atoms with E-state index in [1.165, 1.54) is 5.56 Å². The second-order valence-electron chi connectivity index (χ2n) is 7.41. The van der Waals surface area contributed by atoms with Crippen LogP contribution in [0.1, 0.15) is 51.2 Å². The second-order valence-corrected chi connectivity index (χ2v) is 7.41. The summed E-state index contributed by atoms with van der Waals surface area (Å²) in [5.41, 5.74) is 1.35. The van der Waals surface area contributed by atoms with E-state index >= 15 is 0 Å². The number of hydrogen-bond acceptors (Lipinski definition) is 4. The summed E-state index contributed by atoms with van der Waals surface area (Å²) in [4.78, 5) is 2.46. The van der Waals surface area contributed by atoms with Crippen molar-refractivity contribution in [3.05, 3.63) is 35.4 Å². The van der Waals surface area contributed by atoms with E-state index in [0.29, 0.717) is 18.5 Å². The molecule has 0 aliphatic carbocycles. The first-order valence-corrected chi connectivity index (χ1v) is 9.11. The molecule has 2 atom stereocenters. The Kier molecular flexibility index (Phi) is 6.79. The van der Waals surface area contributed by atoms with Gasteiger partial charge in [-0.15, -0.1) is 0 Å². The molecular weight excluding hydrogens is 298 g/mol. The highest BCUT2D eigenvalue weighted by Gasteiger charge is 2.28. The normalized spacial score (nSPS) is 20.3. The van der Waals surface area contributed by atoms with Crippen molar-refractivity contribution in [3.63, 3.8) is 0 Å². The van der Waals surface area contributed by atoms with Gasteiger partial charge in [0.05, 0.1) is 17.2 Å². The summed E-state index contributed by atoms with van der Waals surface area (Å²) >= 11 is 0. The Hall–Kier alpha value is -1.41. The Morgan fingerprint density at radius 3 is 2.50 bits per heavy atom. The predicted octanol–water partition coefficient (Wildman–Crippen LogP) is 2.91. The summed E-state index contributed by atoms with van der Waals surface area (Å²) in [7, 11) is 0. The van der Waals surface area contributed by atoms with E-state index in [4.69, 9.17) is 5.26 Å². The van der Waals surface area contributed by atoms with Gasteiger partial charge in [0.15, 0.2) is 0 Å². The Labute approximate surface area is 146 Å². The van der Waals surface area contributed by atoms with Gasteiger partial charge in [0, 0.05) is 19.1 Å². The lowest BCUT2D eigenvalue weighted by Gasteiger charge is -2.36. The quantitative estimate of drug-likeness (QED) is 0.807. The van der Waals surface area contributed by atoms with E-state index in [1.807, 2.05) is 31.2 Å². The van der Waals surface area contributed by atoms with Crippen LogP contribution in [0.2, 0.25) is 0 Å². The van der Waals surface area contributed by atoms with Crippen LogP contribution in [-0.2, 0) is 6.54 Å². The number of nitriles is 1. The maximum absolute atomic E-state index is 10.5. The van der Waals surface area contributed by atoms with E-state index in [9.17, 15) is 5.11 Å². The number of rotatable bonds is 7. The van der Waals surface area contributed by atoms with Gasteiger partial charge < -0.3 is 10.4 Å². The van der Waals surface area contributed by atoms with Crippen molar-refractivity contribution < 1.29 is 5.11 Å². The van der Waals surface area contributed by atoms with Crippen molar-refractivity contribution in [2.24, 2.45) is 5.92 Å². The highest BCUT2D eigenvalue weighted by atomic mass is 16.3. The molecule has 0 radical (unpaired) electrons. The summed E-state index contributed by atoms with van der Waals surface area (Å²) in [5.74, 6) is 0.307. The third-order valence-corrected chi connectivity index (χ3v) is 5.50. The average molecular weight is 329 g/mol. The van der Waals surface area contributed by atoms with E-state index in [2.05, 4.69) is 30.1 Å². The summed E-state index contributed by atoms with van der Waals surface area (Å²) < 4.78 is 0. The van der Waals surface area contributed by atoms with Crippen molar-refractivity contribution in [2.45, 2.75) is 58.2 Å². The van der Waals surface area contributed by atoms with Crippen molar-refractivity contribution in [1.82, 2.24) is 10.2 Å². The highest BCUT2D eigenvalue weighted by Crippen LogP contribution is 2.20. The molecule has 1 aromatic carbocycles. The van der Waals surface area contributed by atoms with Gasteiger partial charge in [0.2, 0.25) is 0 Å². The fourth-order valence-corrected chi connectivity index (χ4v) is 3.20. The first-order valence-electron chi connectivity index (χ1n) is 9.11. The summed E-state index contributed by atoms with van der Waals surface area (Å²) in [6.07, 6.45) is 3.23. The number of piperidine rings is 1. The Balaban J connectivity index is 1.74. The molecule has 0 spiro atoms. The largest absolute Gasteiger partial charge is 0.389 e. The minimum absolute atomic E-state index is 0.307. The lowest BCUT2D eigenvalue weighted by atomic mass is 9.88. The molecule has 1 fully saturated rings. The number of hydrogen-bond donors (Lipinski definition) is 2. The van der Waals surface area contributed by atoms with Crippen LogP contribution < -0.4 is 5.32 Å². The van der Waals surface area contributed by atoms with Crippen LogP contribution in [0.3, 0.4) is 0 Å². The van der Waals surface area contributed by atoms with Crippen molar-refractivity contribution >= 4 is 0 Å². The standard InChI is InChI=1S/C20H31N3O/c1-4-16(2)20(3,24)15-22-19-9-11-23(12-10-19)14-18-7-5-17(13-21)6-8-18/h5-8,16,19,22,24H,4,9-12,14-15H2,1-3H3. The molecule has 0 saturated carbocycles. The maximum Gasteiger partial charge on any atom is 0.0991 e. The Morgan fingerprint density at radius 1 is 1.33 bits per heavy atom. The molecular formula is C20H31N3O. The van der Waals surface area contributed by atoms with Crippen LogP contribution in [0.25, 0.3) is 0 Å². The molecule has 4 nitrogen and oxygen atoms in total. The molecule has 2 rings (SSSR count). The van der Waals surface area contributed by atoms with Crippen molar-refractivity contribution in [1.29, 1.82) is 5.26 Å². The van der Waals surface area contributed by atoms with Gasteiger partial charge in [-0.2, -0.15) is 5.26 Å². The topological polar surface area (TPSA) is 59.3 Å². The lowest BCUT2D eigenvalue weighted by Crippen LogP contribution is -2.49. The third kappa shape index (κ3) is 5.31. The number of nitrogens with zero attached hydrogens (tertiary/aromatic N) is 2. The number of aliphatic hydroxyl groups is 1. The summed E-state index contributed by atoms with van der Waals surface area (Å²) in [6, 6.07) is 10.5. The number of likely N-dealkylation sites (tertiary alicyclic amines) is 1. The molecule has 0 bridgehead atoms. The molecule has 24 heavy (non-hydrogen) atoms. The number of nitrogens with one attached hydrogen (secondary N) is 1. The zero-order valence-electron chi connectivity index (χ0n) is 15.3. The maximum atomic E-state index is 10.5. The molecule has 1 heterocycles. The van der Waals surface area contributed by atoms with Gasteiger partial charge >= 0.3 is 0 Å².